The summed E-state index contributed by atoms with van der Waals surface area (Å²) < 4.78 is 7.63. The second-order valence-corrected chi connectivity index (χ2v) is 6.05. The van der Waals surface area contributed by atoms with Gasteiger partial charge >= 0.3 is 0 Å². The smallest absolute Gasteiger partial charge is 0.253 e. The quantitative estimate of drug-likeness (QED) is 0.662. The van der Waals surface area contributed by atoms with Gasteiger partial charge in [-0.15, -0.1) is 0 Å². The van der Waals surface area contributed by atoms with Crippen LogP contribution < -0.4 is 4.74 Å². The third-order valence-electron chi connectivity index (χ3n) is 3.88. The van der Waals surface area contributed by atoms with Crippen molar-refractivity contribution in [1.29, 1.82) is 0 Å². The standard InChI is InChI=1S/C20H19ClN2O2/c1-22(14-15-25-19-7-3-2-6-18(19)21)20(24)16-8-10-17(11-9-16)23-12-4-5-13-23/h2-13H,14-15H2,1H3. The largest absolute Gasteiger partial charge is 0.490 e. The molecule has 5 heteroatoms. The van der Waals surface area contributed by atoms with E-state index in [-0.39, 0.29) is 5.91 Å². The fourth-order valence-corrected chi connectivity index (χ4v) is 2.65. The van der Waals surface area contributed by atoms with Gasteiger partial charge in [0.15, 0.2) is 0 Å². The lowest BCUT2D eigenvalue weighted by atomic mass is 10.2. The Morgan fingerprint density at radius 1 is 1.04 bits per heavy atom. The number of nitrogens with zero attached hydrogens (tertiary/aromatic N) is 2. The van der Waals surface area contributed by atoms with E-state index >= 15 is 0 Å². The van der Waals surface area contributed by atoms with Crippen molar-refractivity contribution in [3.05, 3.63) is 83.6 Å². The molecule has 0 bridgehead atoms. The molecule has 0 fully saturated rings. The predicted molar refractivity (Wildman–Crippen MR) is 99.7 cm³/mol. The molecule has 0 saturated heterocycles. The van der Waals surface area contributed by atoms with Crippen molar-refractivity contribution in [3.8, 4) is 11.4 Å². The topological polar surface area (TPSA) is 34.5 Å². The molecule has 0 radical (unpaired) electrons. The Morgan fingerprint density at radius 3 is 2.40 bits per heavy atom. The molecule has 128 valence electrons. The maximum Gasteiger partial charge on any atom is 0.253 e. The molecule has 0 saturated carbocycles. The molecule has 1 heterocycles. The summed E-state index contributed by atoms with van der Waals surface area (Å²) in [5.74, 6) is 0.586. The van der Waals surface area contributed by atoms with E-state index in [1.165, 1.54) is 0 Å². The van der Waals surface area contributed by atoms with Crippen molar-refractivity contribution in [2.24, 2.45) is 0 Å². The van der Waals surface area contributed by atoms with Crippen LogP contribution in [0.4, 0.5) is 0 Å². The first-order valence-corrected chi connectivity index (χ1v) is 8.39. The molecule has 1 amide bonds. The number of carbonyl (C=O) groups is 1. The average molecular weight is 355 g/mol. The minimum Gasteiger partial charge on any atom is -0.490 e. The van der Waals surface area contributed by atoms with Crippen LogP contribution in [0.5, 0.6) is 5.75 Å². The number of para-hydroxylation sites is 1. The van der Waals surface area contributed by atoms with Gasteiger partial charge in [0.2, 0.25) is 0 Å². The summed E-state index contributed by atoms with van der Waals surface area (Å²) in [4.78, 5) is 14.1. The van der Waals surface area contributed by atoms with Gasteiger partial charge in [0.25, 0.3) is 5.91 Å². The van der Waals surface area contributed by atoms with Gasteiger partial charge in [-0.25, -0.2) is 0 Å². The van der Waals surface area contributed by atoms with E-state index in [1.54, 1.807) is 18.0 Å². The van der Waals surface area contributed by atoms with E-state index in [1.807, 2.05) is 71.6 Å². The van der Waals surface area contributed by atoms with Crippen molar-refractivity contribution in [3.63, 3.8) is 0 Å². The molecular weight excluding hydrogens is 336 g/mol. The normalized spacial score (nSPS) is 10.5. The number of carbonyl (C=O) groups excluding carboxylic acids is 1. The molecule has 0 aliphatic carbocycles. The molecule has 4 nitrogen and oxygen atoms in total. The Balaban J connectivity index is 1.56. The van der Waals surface area contributed by atoms with Gasteiger partial charge in [-0.05, 0) is 48.5 Å². The lowest BCUT2D eigenvalue weighted by Crippen LogP contribution is -2.30. The Hall–Kier alpha value is -2.72. The lowest BCUT2D eigenvalue weighted by Gasteiger charge is -2.18. The van der Waals surface area contributed by atoms with Gasteiger partial charge in [0.1, 0.15) is 12.4 Å². The molecular formula is C20H19ClN2O2. The monoisotopic (exact) mass is 354 g/mol. The molecule has 0 unspecified atom stereocenters. The minimum atomic E-state index is -0.0400. The van der Waals surface area contributed by atoms with Crippen LogP contribution in [0.15, 0.2) is 73.1 Å². The number of hydrogen-bond donors (Lipinski definition) is 0. The Morgan fingerprint density at radius 2 is 1.72 bits per heavy atom. The molecule has 25 heavy (non-hydrogen) atoms. The molecule has 0 spiro atoms. The number of aromatic nitrogens is 1. The van der Waals surface area contributed by atoms with Crippen molar-refractivity contribution in [2.45, 2.75) is 0 Å². The molecule has 3 rings (SSSR count). The molecule has 0 atom stereocenters. The minimum absolute atomic E-state index is 0.0400. The van der Waals surface area contributed by atoms with Crippen molar-refractivity contribution in [2.75, 3.05) is 20.2 Å². The van der Waals surface area contributed by atoms with Gasteiger partial charge < -0.3 is 14.2 Å². The number of hydrogen-bond acceptors (Lipinski definition) is 2. The summed E-state index contributed by atoms with van der Waals surface area (Å²) in [7, 11) is 1.76. The van der Waals surface area contributed by atoms with Crippen LogP contribution in [0.1, 0.15) is 10.4 Å². The van der Waals surface area contributed by atoms with Gasteiger partial charge in [-0.2, -0.15) is 0 Å². The average Bonchev–Trinajstić information content (AvgIpc) is 3.17. The zero-order valence-corrected chi connectivity index (χ0v) is 14.7. The van der Waals surface area contributed by atoms with Gasteiger partial charge in [-0.3, -0.25) is 4.79 Å². The summed E-state index contributed by atoms with van der Waals surface area (Å²) in [5.41, 5.74) is 1.67. The second kappa shape index (κ2) is 7.90. The molecule has 0 aliphatic rings. The summed E-state index contributed by atoms with van der Waals surface area (Å²) in [6, 6.07) is 18.8. The van der Waals surface area contributed by atoms with Crippen LogP contribution in [-0.4, -0.2) is 35.6 Å². The van der Waals surface area contributed by atoms with Crippen LogP contribution >= 0.6 is 11.6 Å². The molecule has 1 aromatic heterocycles. The fourth-order valence-electron chi connectivity index (χ4n) is 2.46. The van der Waals surface area contributed by atoms with Crippen LogP contribution in [0.2, 0.25) is 5.02 Å². The first-order valence-electron chi connectivity index (χ1n) is 8.01. The highest BCUT2D eigenvalue weighted by atomic mass is 35.5. The Bertz CT molecular complexity index is 829. The molecule has 3 aromatic rings. The summed E-state index contributed by atoms with van der Waals surface area (Å²) in [6.45, 7) is 0.858. The van der Waals surface area contributed by atoms with E-state index < -0.39 is 0 Å². The third-order valence-corrected chi connectivity index (χ3v) is 4.20. The maximum atomic E-state index is 12.5. The van der Waals surface area contributed by atoms with Crippen LogP contribution in [0.3, 0.4) is 0 Å². The fraction of sp³-hybridized carbons (Fsp3) is 0.150. The van der Waals surface area contributed by atoms with Crippen LogP contribution in [0, 0.1) is 0 Å². The zero-order chi connectivity index (χ0) is 17.6. The van der Waals surface area contributed by atoms with Gasteiger partial charge in [0.05, 0.1) is 11.6 Å². The zero-order valence-electron chi connectivity index (χ0n) is 13.9. The van der Waals surface area contributed by atoms with E-state index in [2.05, 4.69) is 0 Å². The second-order valence-electron chi connectivity index (χ2n) is 5.64. The van der Waals surface area contributed by atoms with Crippen LogP contribution in [-0.2, 0) is 0 Å². The lowest BCUT2D eigenvalue weighted by molar-refractivity contribution is 0.0774. The van der Waals surface area contributed by atoms with Crippen molar-refractivity contribution in [1.82, 2.24) is 9.47 Å². The Labute approximate surface area is 152 Å². The van der Waals surface area contributed by atoms with Crippen molar-refractivity contribution < 1.29 is 9.53 Å². The number of halogens is 1. The Kier molecular flexibility index (Phi) is 5.41. The first kappa shape index (κ1) is 17.1. The summed E-state index contributed by atoms with van der Waals surface area (Å²) >= 11 is 6.05. The van der Waals surface area contributed by atoms with E-state index in [0.717, 1.165) is 5.69 Å². The SMILES string of the molecule is CN(CCOc1ccccc1Cl)C(=O)c1ccc(-n2cccc2)cc1. The van der Waals surface area contributed by atoms with Crippen molar-refractivity contribution >= 4 is 17.5 Å². The van der Waals surface area contributed by atoms with Gasteiger partial charge in [-0.1, -0.05) is 23.7 Å². The highest BCUT2D eigenvalue weighted by Crippen LogP contribution is 2.22. The third kappa shape index (κ3) is 4.22. The van der Waals surface area contributed by atoms with Crippen LogP contribution in [0.25, 0.3) is 5.69 Å². The van der Waals surface area contributed by atoms with E-state index in [0.29, 0.717) is 29.5 Å². The first-order chi connectivity index (χ1) is 12.1. The summed E-state index contributed by atoms with van der Waals surface area (Å²) in [6.07, 6.45) is 3.93. The maximum absolute atomic E-state index is 12.5. The molecule has 0 N–H and O–H groups in total. The summed E-state index contributed by atoms with van der Waals surface area (Å²) in [5, 5.41) is 0.567. The van der Waals surface area contributed by atoms with E-state index in [9.17, 15) is 4.79 Å². The predicted octanol–water partition coefficient (Wildman–Crippen LogP) is 4.28. The number of likely N-dealkylation sites (N-methyl/N-ethyl adjacent to an activating group) is 1. The highest BCUT2D eigenvalue weighted by molar-refractivity contribution is 6.32. The molecule has 2 aromatic carbocycles. The number of amides is 1. The number of ether oxygens (including phenoxy) is 1. The highest BCUT2D eigenvalue weighted by Gasteiger charge is 2.12. The van der Waals surface area contributed by atoms with Gasteiger partial charge in [0, 0.05) is 30.7 Å². The van der Waals surface area contributed by atoms with E-state index in [4.69, 9.17) is 16.3 Å². The number of benzene rings is 2. The molecule has 0 aliphatic heterocycles. The number of rotatable bonds is 6.